The summed E-state index contributed by atoms with van der Waals surface area (Å²) in [5, 5.41) is 2.65. The van der Waals surface area contributed by atoms with Crippen molar-refractivity contribution in [3.8, 4) is 0 Å². The quantitative estimate of drug-likeness (QED) is 0.294. The molecule has 12 nitrogen and oxygen atoms in total. The molecule has 14 heteroatoms. The van der Waals surface area contributed by atoms with Gasteiger partial charge in [-0.25, -0.2) is 22.9 Å². The van der Waals surface area contributed by atoms with Gasteiger partial charge in [0.2, 0.25) is 0 Å². The predicted octanol–water partition coefficient (Wildman–Crippen LogP) is -1.31. The molecule has 0 radical (unpaired) electrons. The number of aryl methyl sites for hydroxylation is 2. The normalized spacial score (nSPS) is 11.7. The highest BCUT2D eigenvalue weighted by molar-refractivity contribution is 7.91. The third kappa shape index (κ3) is 4.33. The first-order valence-electron chi connectivity index (χ1n) is 8.20. The van der Waals surface area contributed by atoms with Crippen molar-refractivity contribution in [2.45, 2.75) is 18.1 Å². The van der Waals surface area contributed by atoms with Crippen LogP contribution < -0.4 is 26.2 Å². The summed E-state index contributed by atoms with van der Waals surface area (Å²) in [5.74, 6) is -0.613. The van der Waals surface area contributed by atoms with Gasteiger partial charge in [0.15, 0.2) is 4.21 Å². The number of rotatable bonds is 6. The second-order valence-corrected chi connectivity index (χ2v) is 8.98. The maximum atomic E-state index is 12.3. The minimum Gasteiger partial charge on any atom is -0.349 e. The Bertz CT molecular complexity index is 1380. The van der Waals surface area contributed by atoms with Gasteiger partial charge in [0.05, 0.1) is 5.39 Å². The molecule has 0 fully saturated rings. The number of hydrogen-bond donors (Lipinski definition) is 5. The van der Waals surface area contributed by atoms with Gasteiger partial charge in [-0.3, -0.25) is 24.4 Å². The first-order valence-corrected chi connectivity index (χ1v) is 10.5. The molecule has 1 amide bonds. The highest BCUT2D eigenvalue weighted by Gasteiger charge is 2.20. The molecule has 154 valence electrons. The summed E-state index contributed by atoms with van der Waals surface area (Å²) >= 11 is 0.571. The first kappa shape index (κ1) is 20.6. The molecule has 0 saturated heterocycles. The van der Waals surface area contributed by atoms with Crippen molar-refractivity contribution in [1.82, 2.24) is 30.0 Å². The van der Waals surface area contributed by atoms with Crippen molar-refractivity contribution in [2.75, 3.05) is 13.1 Å². The fourth-order valence-corrected chi connectivity index (χ4v) is 5.01. The van der Waals surface area contributed by atoms with Crippen molar-refractivity contribution in [3.63, 3.8) is 0 Å². The minimum atomic E-state index is -3.89. The van der Waals surface area contributed by atoms with Gasteiger partial charge in [0.1, 0.15) is 11.3 Å². The number of aromatic amines is 3. The summed E-state index contributed by atoms with van der Waals surface area (Å²) in [5.41, 5.74) is -0.755. The van der Waals surface area contributed by atoms with Crippen molar-refractivity contribution in [3.05, 3.63) is 53.5 Å². The van der Waals surface area contributed by atoms with E-state index in [0.29, 0.717) is 16.9 Å². The Balaban J connectivity index is 1.68. The van der Waals surface area contributed by atoms with E-state index in [1.807, 2.05) is 0 Å². The molecule has 0 bridgehead atoms. The van der Waals surface area contributed by atoms with Gasteiger partial charge in [-0.2, -0.15) is 0 Å². The molecule has 0 unspecified atom stereocenters. The van der Waals surface area contributed by atoms with Crippen molar-refractivity contribution in [1.29, 1.82) is 0 Å². The SMILES string of the molecule is Cc1[nH]c(=O)sc1S(=O)(=O)NCCNC(=O)c1cc(C)c2c(=O)[nH]c(=O)[nH]c2n1. The maximum Gasteiger partial charge on any atom is 0.327 e. The van der Waals surface area contributed by atoms with Crippen LogP contribution in [0.4, 0.5) is 0 Å². The van der Waals surface area contributed by atoms with Crippen molar-refractivity contribution < 1.29 is 13.2 Å². The number of nitrogens with one attached hydrogen (secondary N) is 5. The van der Waals surface area contributed by atoms with Crippen molar-refractivity contribution in [2.24, 2.45) is 0 Å². The topological polar surface area (TPSA) is 187 Å². The van der Waals surface area contributed by atoms with E-state index in [1.54, 1.807) is 6.92 Å². The molecule has 0 aromatic carbocycles. The van der Waals surface area contributed by atoms with E-state index in [-0.39, 0.29) is 39.7 Å². The summed E-state index contributed by atoms with van der Waals surface area (Å²) < 4.78 is 26.5. The Hall–Kier alpha value is -3.10. The zero-order valence-electron chi connectivity index (χ0n) is 15.2. The Morgan fingerprint density at radius 1 is 1.14 bits per heavy atom. The Kier molecular flexibility index (Phi) is 5.50. The number of pyridine rings is 1. The standard InChI is InChI=1S/C15H16N6O6S2/c1-6-5-8(19-10-9(6)12(23)21-14(24)20-10)11(22)16-3-4-17-29(26,27)13-7(2)18-15(25)28-13/h5,17H,3-4H2,1-2H3,(H,16,22)(H,18,25)(H2,19,20,21,23,24). The number of fused-ring (bicyclic) bond motifs is 1. The summed E-state index contributed by atoms with van der Waals surface area (Å²) in [6.45, 7) is 2.88. The fourth-order valence-electron chi connectivity index (χ4n) is 2.63. The predicted molar refractivity (Wildman–Crippen MR) is 105 cm³/mol. The van der Waals surface area contributed by atoms with Gasteiger partial charge in [0, 0.05) is 18.8 Å². The van der Waals surface area contributed by atoms with Crippen LogP contribution in [0.3, 0.4) is 0 Å². The molecule has 0 spiro atoms. The third-order valence-electron chi connectivity index (χ3n) is 3.86. The summed E-state index contributed by atoms with van der Waals surface area (Å²) in [4.78, 5) is 57.1. The van der Waals surface area contributed by atoms with Crippen LogP contribution in [0.5, 0.6) is 0 Å². The van der Waals surface area contributed by atoms with E-state index < -0.39 is 32.1 Å². The minimum absolute atomic E-state index is 0.0255. The molecule has 3 heterocycles. The first-order chi connectivity index (χ1) is 13.6. The van der Waals surface area contributed by atoms with Gasteiger partial charge < -0.3 is 10.3 Å². The van der Waals surface area contributed by atoms with E-state index in [2.05, 4.69) is 30.0 Å². The molecule has 0 aliphatic heterocycles. The molecule has 3 aromatic rings. The smallest absolute Gasteiger partial charge is 0.327 e. The summed E-state index contributed by atoms with van der Waals surface area (Å²) in [7, 11) is -3.89. The van der Waals surface area contributed by atoms with Crippen molar-refractivity contribution >= 4 is 38.3 Å². The lowest BCUT2D eigenvalue weighted by molar-refractivity contribution is 0.0949. The number of hydrogen-bond acceptors (Lipinski definition) is 8. The van der Waals surface area contributed by atoms with Gasteiger partial charge in [-0.15, -0.1) is 0 Å². The highest BCUT2D eigenvalue weighted by atomic mass is 32.2. The van der Waals surface area contributed by atoms with Crippen LogP contribution in [0.2, 0.25) is 0 Å². The van der Waals surface area contributed by atoms with Crippen LogP contribution in [-0.2, 0) is 10.0 Å². The number of thiazole rings is 1. The lowest BCUT2D eigenvalue weighted by Crippen LogP contribution is -2.35. The summed E-state index contributed by atoms with van der Waals surface area (Å²) in [6.07, 6.45) is 0. The number of carbonyl (C=O) groups excluding carboxylic acids is 1. The van der Waals surface area contributed by atoms with E-state index in [0.717, 1.165) is 0 Å². The summed E-state index contributed by atoms with van der Waals surface area (Å²) in [6, 6.07) is 1.38. The monoisotopic (exact) mass is 440 g/mol. The molecule has 0 atom stereocenters. The zero-order chi connectivity index (χ0) is 21.3. The number of amides is 1. The lowest BCUT2D eigenvalue weighted by atomic mass is 10.1. The van der Waals surface area contributed by atoms with Crippen LogP contribution >= 0.6 is 11.3 Å². The lowest BCUT2D eigenvalue weighted by Gasteiger charge is -2.08. The Labute approximate surface area is 166 Å². The number of sulfonamides is 1. The molecule has 0 saturated carbocycles. The fraction of sp³-hybridized carbons (Fsp3) is 0.267. The van der Waals surface area contributed by atoms with Crippen LogP contribution in [-0.4, -0.2) is 47.4 Å². The highest BCUT2D eigenvalue weighted by Crippen LogP contribution is 2.15. The van der Waals surface area contributed by atoms with E-state index in [1.165, 1.54) is 13.0 Å². The second kappa shape index (κ2) is 7.73. The van der Waals surface area contributed by atoms with Crippen LogP contribution in [0.25, 0.3) is 11.0 Å². The number of aromatic nitrogens is 4. The maximum absolute atomic E-state index is 12.3. The number of H-pyrrole nitrogens is 3. The van der Waals surface area contributed by atoms with Crippen LogP contribution in [0, 0.1) is 13.8 Å². The van der Waals surface area contributed by atoms with Crippen LogP contribution in [0.15, 0.2) is 24.7 Å². The molecule has 3 rings (SSSR count). The molecule has 3 aromatic heterocycles. The van der Waals surface area contributed by atoms with Gasteiger partial charge in [-0.1, -0.05) is 11.3 Å². The van der Waals surface area contributed by atoms with E-state index in [9.17, 15) is 27.6 Å². The number of carbonyl (C=O) groups is 1. The Morgan fingerprint density at radius 3 is 2.52 bits per heavy atom. The van der Waals surface area contributed by atoms with E-state index in [4.69, 9.17) is 0 Å². The van der Waals surface area contributed by atoms with E-state index >= 15 is 0 Å². The second-order valence-electron chi connectivity index (χ2n) is 6.04. The molecule has 5 N–H and O–H groups in total. The van der Waals surface area contributed by atoms with Gasteiger partial charge in [-0.05, 0) is 25.5 Å². The molecule has 29 heavy (non-hydrogen) atoms. The average Bonchev–Trinajstić information content (AvgIpc) is 2.96. The molecule has 0 aliphatic rings. The van der Waals surface area contributed by atoms with Gasteiger partial charge >= 0.3 is 10.6 Å². The number of nitrogens with zero attached hydrogens (tertiary/aromatic N) is 1. The zero-order valence-corrected chi connectivity index (χ0v) is 16.8. The molecular formula is C15H16N6O6S2. The van der Waals surface area contributed by atoms with Gasteiger partial charge in [0.25, 0.3) is 21.5 Å². The Morgan fingerprint density at radius 2 is 1.86 bits per heavy atom. The van der Waals surface area contributed by atoms with Crippen LogP contribution in [0.1, 0.15) is 21.7 Å². The molecular weight excluding hydrogens is 424 g/mol. The average molecular weight is 440 g/mol. The third-order valence-corrected chi connectivity index (χ3v) is 6.93. The largest absolute Gasteiger partial charge is 0.349 e. The molecule has 0 aliphatic carbocycles.